The molecule has 2 aromatic rings. The lowest BCUT2D eigenvalue weighted by atomic mass is 9.98. The normalized spacial score (nSPS) is 10.4. The van der Waals surface area contributed by atoms with Crippen LogP contribution in [0.25, 0.3) is 11.1 Å². The number of ether oxygens (including phenoxy) is 1. The Balaban J connectivity index is 2.30. The highest BCUT2D eigenvalue weighted by Crippen LogP contribution is 2.24. The third-order valence-corrected chi connectivity index (χ3v) is 3.02. The zero-order valence-corrected chi connectivity index (χ0v) is 10.8. The van der Waals surface area contributed by atoms with Crippen molar-refractivity contribution in [3.05, 3.63) is 59.7 Å². The molecular formula is C16H16O3. The van der Waals surface area contributed by atoms with Crippen molar-refractivity contribution in [2.24, 2.45) is 0 Å². The fourth-order valence-electron chi connectivity index (χ4n) is 1.99. The second-order valence-corrected chi connectivity index (χ2v) is 4.29. The molecule has 0 aromatic heterocycles. The number of carboxylic acid groups (broad SMARTS) is 1. The molecule has 2 aromatic carbocycles. The van der Waals surface area contributed by atoms with Gasteiger partial charge < -0.3 is 9.84 Å². The maximum Gasteiger partial charge on any atom is 0.336 e. The molecule has 3 heteroatoms. The van der Waals surface area contributed by atoms with E-state index in [-0.39, 0.29) is 0 Å². The fourth-order valence-corrected chi connectivity index (χ4v) is 1.99. The highest BCUT2D eigenvalue weighted by Gasteiger charge is 2.10. The van der Waals surface area contributed by atoms with Crippen molar-refractivity contribution in [3.8, 4) is 11.1 Å². The van der Waals surface area contributed by atoms with E-state index in [1.165, 1.54) is 5.56 Å². The van der Waals surface area contributed by atoms with E-state index in [0.29, 0.717) is 12.2 Å². The molecule has 0 aliphatic rings. The van der Waals surface area contributed by atoms with E-state index in [0.717, 1.165) is 17.5 Å². The maximum atomic E-state index is 11.2. The van der Waals surface area contributed by atoms with Gasteiger partial charge in [0, 0.05) is 7.11 Å². The Bertz CT molecular complexity index is 558. The molecule has 0 saturated heterocycles. The maximum absolute atomic E-state index is 11.2. The lowest BCUT2D eigenvalue weighted by Gasteiger charge is -2.07. The molecule has 0 fully saturated rings. The Morgan fingerprint density at radius 1 is 1.11 bits per heavy atom. The van der Waals surface area contributed by atoms with E-state index < -0.39 is 5.97 Å². The van der Waals surface area contributed by atoms with E-state index in [1.54, 1.807) is 19.2 Å². The third-order valence-electron chi connectivity index (χ3n) is 3.02. The minimum Gasteiger partial charge on any atom is -0.478 e. The molecule has 98 valence electrons. The van der Waals surface area contributed by atoms with Crippen molar-refractivity contribution in [1.82, 2.24) is 0 Å². The SMILES string of the molecule is COCCc1ccc(-c2ccccc2C(=O)O)cc1. The summed E-state index contributed by atoms with van der Waals surface area (Å²) >= 11 is 0. The molecule has 19 heavy (non-hydrogen) atoms. The van der Waals surface area contributed by atoms with Gasteiger partial charge in [-0.25, -0.2) is 4.79 Å². The number of rotatable bonds is 5. The Kier molecular flexibility index (Phi) is 4.31. The molecule has 0 aliphatic heterocycles. The molecule has 0 amide bonds. The van der Waals surface area contributed by atoms with E-state index in [2.05, 4.69) is 0 Å². The Labute approximate surface area is 112 Å². The monoisotopic (exact) mass is 256 g/mol. The topological polar surface area (TPSA) is 46.5 Å². The van der Waals surface area contributed by atoms with E-state index in [4.69, 9.17) is 4.74 Å². The van der Waals surface area contributed by atoms with Gasteiger partial charge in [-0.3, -0.25) is 0 Å². The lowest BCUT2D eigenvalue weighted by molar-refractivity contribution is 0.0697. The van der Waals surface area contributed by atoms with Gasteiger partial charge >= 0.3 is 5.97 Å². The molecule has 0 spiro atoms. The Hall–Kier alpha value is -2.13. The third kappa shape index (κ3) is 3.20. The summed E-state index contributed by atoms with van der Waals surface area (Å²) in [7, 11) is 1.68. The Morgan fingerprint density at radius 2 is 1.79 bits per heavy atom. The van der Waals surface area contributed by atoms with Crippen LogP contribution in [0.1, 0.15) is 15.9 Å². The quantitative estimate of drug-likeness (QED) is 0.893. The smallest absolute Gasteiger partial charge is 0.336 e. The number of methoxy groups -OCH3 is 1. The van der Waals surface area contributed by atoms with Gasteiger partial charge in [0.1, 0.15) is 0 Å². The first-order valence-electron chi connectivity index (χ1n) is 6.13. The van der Waals surface area contributed by atoms with Crippen LogP contribution in [0.5, 0.6) is 0 Å². The zero-order valence-electron chi connectivity index (χ0n) is 10.8. The highest BCUT2D eigenvalue weighted by molar-refractivity contribution is 5.95. The molecule has 0 unspecified atom stereocenters. The first-order valence-corrected chi connectivity index (χ1v) is 6.13. The van der Waals surface area contributed by atoms with Crippen LogP contribution >= 0.6 is 0 Å². The standard InChI is InChI=1S/C16H16O3/c1-19-11-10-12-6-8-13(9-7-12)14-4-2-3-5-15(14)16(17)18/h2-9H,10-11H2,1H3,(H,17,18). The van der Waals surface area contributed by atoms with Crippen LogP contribution in [-0.2, 0) is 11.2 Å². The van der Waals surface area contributed by atoms with Crippen molar-refractivity contribution in [3.63, 3.8) is 0 Å². The van der Waals surface area contributed by atoms with E-state index >= 15 is 0 Å². The number of hydrogen-bond donors (Lipinski definition) is 1. The molecule has 0 heterocycles. The van der Waals surface area contributed by atoms with Gasteiger partial charge in [0.15, 0.2) is 0 Å². The van der Waals surface area contributed by atoms with Crippen molar-refractivity contribution in [2.75, 3.05) is 13.7 Å². The number of carbonyl (C=O) groups is 1. The van der Waals surface area contributed by atoms with E-state index in [9.17, 15) is 9.90 Å². The molecule has 0 atom stereocenters. The summed E-state index contributed by atoms with van der Waals surface area (Å²) in [5.74, 6) is -0.904. The molecule has 1 N–H and O–H groups in total. The number of benzene rings is 2. The van der Waals surface area contributed by atoms with Gasteiger partial charge in [0.2, 0.25) is 0 Å². The zero-order chi connectivity index (χ0) is 13.7. The minimum atomic E-state index is -0.904. The minimum absolute atomic E-state index is 0.326. The number of carboxylic acids is 1. The summed E-state index contributed by atoms with van der Waals surface area (Å²) in [6.45, 7) is 0.686. The summed E-state index contributed by atoms with van der Waals surface area (Å²) in [4.78, 5) is 11.2. The second kappa shape index (κ2) is 6.16. The van der Waals surface area contributed by atoms with Crippen LogP contribution in [0, 0.1) is 0 Å². The van der Waals surface area contributed by atoms with E-state index in [1.807, 2.05) is 36.4 Å². The van der Waals surface area contributed by atoms with Gasteiger partial charge in [-0.2, -0.15) is 0 Å². The van der Waals surface area contributed by atoms with Crippen LogP contribution in [-0.4, -0.2) is 24.8 Å². The molecule has 0 bridgehead atoms. The second-order valence-electron chi connectivity index (χ2n) is 4.29. The summed E-state index contributed by atoms with van der Waals surface area (Å²) < 4.78 is 5.03. The van der Waals surface area contributed by atoms with Crippen molar-refractivity contribution in [1.29, 1.82) is 0 Å². The molecule has 3 nitrogen and oxygen atoms in total. The van der Waals surface area contributed by atoms with Gasteiger partial charge in [0.25, 0.3) is 0 Å². The lowest BCUT2D eigenvalue weighted by Crippen LogP contribution is -1.99. The number of hydrogen-bond acceptors (Lipinski definition) is 2. The van der Waals surface area contributed by atoms with Crippen LogP contribution < -0.4 is 0 Å². The summed E-state index contributed by atoms with van der Waals surface area (Å²) in [5.41, 5.74) is 3.16. The van der Waals surface area contributed by atoms with Crippen LogP contribution in [0.3, 0.4) is 0 Å². The highest BCUT2D eigenvalue weighted by atomic mass is 16.5. The largest absolute Gasteiger partial charge is 0.478 e. The summed E-state index contributed by atoms with van der Waals surface area (Å²) in [6, 6.07) is 14.9. The molecule has 2 rings (SSSR count). The van der Waals surface area contributed by atoms with Gasteiger partial charge in [-0.05, 0) is 29.2 Å². The molecule has 0 saturated carbocycles. The van der Waals surface area contributed by atoms with Gasteiger partial charge in [-0.15, -0.1) is 0 Å². The van der Waals surface area contributed by atoms with Crippen LogP contribution in [0.15, 0.2) is 48.5 Å². The summed E-state index contributed by atoms with van der Waals surface area (Å²) in [6.07, 6.45) is 0.858. The first-order chi connectivity index (χ1) is 9.22. The predicted octanol–water partition coefficient (Wildman–Crippen LogP) is 3.24. The van der Waals surface area contributed by atoms with Crippen molar-refractivity contribution in [2.45, 2.75) is 6.42 Å². The number of aromatic carboxylic acids is 1. The first kappa shape index (κ1) is 13.3. The molecule has 0 aliphatic carbocycles. The van der Waals surface area contributed by atoms with Crippen molar-refractivity contribution < 1.29 is 14.6 Å². The van der Waals surface area contributed by atoms with Crippen LogP contribution in [0.2, 0.25) is 0 Å². The fraction of sp³-hybridized carbons (Fsp3) is 0.188. The molecular weight excluding hydrogens is 240 g/mol. The van der Waals surface area contributed by atoms with Crippen molar-refractivity contribution >= 4 is 5.97 Å². The van der Waals surface area contributed by atoms with Gasteiger partial charge in [-0.1, -0.05) is 42.5 Å². The predicted molar refractivity (Wildman–Crippen MR) is 74.4 cm³/mol. The average molecular weight is 256 g/mol. The Morgan fingerprint density at radius 3 is 2.42 bits per heavy atom. The molecule has 0 radical (unpaired) electrons. The summed E-state index contributed by atoms with van der Waals surface area (Å²) in [5, 5.41) is 9.18. The average Bonchev–Trinajstić information content (AvgIpc) is 2.45. The van der Waals surface area contributed by atoms with Gasteiger partial charge in [0.05, 0.1) is 12.2 Å². The van der Waals surface area contributed by atoms with Crippen LogP contribution in [0.4, 0.5) is 0 Å².